The van der Waals surface area contributed by atoms with E-state index in [4.69, 9.17) is 4.74 Å². The van der Waals surface area contributed by atoms with Gasteiger partial charge < -0.3 is 4.74 Å². The van der Waals surface area contributed by atoms with Crippen molar-refractivity contribution in [1.29, 1.82) is 0 Å². The Morgan fingerprint density at radius 3 is 2.90 bits per heavy atom. The van der Waals surface area contributed by atoms with Gasteiger partial charge in [0, 0.05) is 23.5 Å². The number of pyridine rings is 1. The van der Waals surface area contributed by atoms with Gasteiger partial charge in [-0.2, -0.15) is 0 Å². The Labute approximate surface area is 117 Å². The SMILES string of the molecule is CC(C)(C)OC(=O)C1=C2C(=Nc3ccncc32)C=CC1. The predicted octanol–water partition coefficient (Wildman–Crippen LogP) is 3.22. The van der Waals surface area contributed by atoms with Crippen molar-refractivity contribution in [2.45, 2.75) is 32.8 Å². The summed E-state index contributed by atoms with van der Waals surface area (Å²) in [7, 11) is 0. The Balaban J connectivity index is 2.07. The zero-order valence-electron chi connectivity index (χ0n) is 11.8. The number of allylic oxidation sites excluding steroid dienone is 3. The smallest absolute Gasteiger partial charge is 0.335 e. The number of aliphatic imine (C=N–C) groups is 1. The average Bonchev–Trinajstić information content (AvgIpc) is 2.74. The number of hydrogen-bond donors (Lipinski definition) is 0. The van der Waals surface area contributed by atoms with Crippen LogP contribution >= 0.6 is 0 Å². The fourth-order valence-electron chi connectivity index (χ4n) is 2.35. The molecule has 3 rings (SSSR count). The van der Waals surface area contributed by atoms with Crippen LogP contribution < -0.4 is 0 Å². The fraction of sp³-hybridized carbons (Fsp3) is 0.312. The molecule has 0 N–H and O–H groups in total. The van der Waals surface area contributed by atoms with Crippen LogP contribution in [0.1, 0.15) is 32.8 Å². The van der Waals surface area contributed by atoms with Crippen molar-refractivity contribution >= 4 is 22.9 Å². The van der Waals surface area contributed by atoms with Crippen LogP contribution in [0.2, 0.25) is 0 Å². The maximum atomic E-state index is 12.4. The number of ether oxygens (including phenoxy) is 1. The molecule has 1 aromatic rings. The molecule has 2 heterocycles. The molecular weight excluding hydrogens is 252 g/mol. The van der Waals surface area contributed by atoms with Gasteiger partial charge in [-0.15, -0.1) is 0 Å². The lowest BCUT2D eigenvalue weighted by Crippen LogP contribution is -2.26. The van der Waals surface area contributed by atoms with Crippen LogP contribution in [0.5, 0.6) is 0 Å². The zero-order chi connectivity index (χ0) is 14.3. The molecule has 0 saturated carbocycles. The minimum Gasteiger partial charge on any atom is -0.457 e. The summed E-state index contributed by atoms with van der Waals surface area (Å²) in [5.41, 5.74) is 3.61. The minimum absolute atomic E-state index is 0.277. The largest absolute Gasteiger partial charge is 0.457 e. The van der Waals surface area contributed by atoms with E-state index in [1.54, 1.807) is 12.4 Å². The highest BCUT2D eigenvalue weighted by Crippen LogP contribution is 2.39. The quantitative estimate of drug-likeness (QED) is 0.735. The Kier molecular flexibility index (Phi) is 2.82. The molecule has 1 aliphatic heterocycles. The lowest BCUT2D eigenvalue weighted by molar-refractivity contribution is -0.149. The maximum absolute atomic E-state index is 12.4. The summed E-state index contributed by atoms with van der Waals surface area (Å²) in [5.74, 6) is -0.277. The molecule has 4 heteroatoms. The van der Waals surface area contributed by atoms with Gasteiger partial charge in [-0.25, -0.2) is 9.79 Å². The van der Waals surface area contributed by atoms with E-state index in [1.165, 1.54) is 0 Å². The van der Waals surface area contributed by atoms with Gasteiger partial charge in [-0.1, -0.05) is 6.08 Å². The summed E-state index contributed by atoms with van der Waals surface area (Å²) in [6.07, 6.45) is 7.92. The highest BCUT2D eigenvalue weighted by molar-refractivity contribution is 6.37. The summed E-state index contributed by atoms with van der Waals surface area (Å²) in [6, 6.07) is 1.86. The first-order chi connectivity index (χ1) is 9.46. The van der Waals surface area contributed by atoms with Crippen LogP contribution in [-0.4, -0.2) is 22.3 Å². The monoisotopic (exact) mass is 268 g/mol. The van der Waals surface area contributed by atoms with E-state index in [9.17, 15) is 4.79 Å². The van der Waals surface area contributed by atoms with Crippen molar-refractivity contribution < 1.29 is 9.53 Å². The third-order valence-corrected chi connectivity index (χ3v) is 3.11. The fourth-order valence-corrected chi connectivity index (χ4v) is 2.35. The van der Waals surface area contributed by atoms with Crippen LogP contribution in [0.3, 0.4) is 0 Å². The predicted molar refractivity (Wildman–Crippen MR) is 77.9 cm³/mol. The molecule has 102 valence electrons. The number of carbonyl (C=O) groups is 1. The molecule has 0 atom stereocenters. The number of hydrogen-bond acceptors (Lipinski definition) is 4. The van der Waals surface area contributed by atoms with E-state index < -0.39 is 5.60 Å². The van der Waals surface area contributed by atoms with E-state index in [2.05, 4.69) is 9.98 Å². The molecular formula is C16H16N2O2. The lowest BCUT2D eigenvalue weighted by atomic mass is 9.92. The van der Waals surface area contributed by atoms with E-state index >= 15 is 0 Å². The highest BCUT2D eigenvalue weighted by atomic mass is 16.6. The van der Waals surface area contributed by atoms with Crippen LogP contribution in [-0.2, 0) is 9.53 Å². The molecule has 20 heavy (non-hydrogen) atoms. The molecule has 0 radical (unpaired) electrons. The molecule has 0 amide bonds. The molecule has 0 saturated heterocycles. The highest BCUT2D eigenvalue weighted by Gasteiger charge is 2.30. The average molecular weight is 268 g/mol. The molecule has 0 fully saturated rings. The lowest BCUT2D eigenvalue weighted by Gasteiger charge is -2.22. The molecule has 1 aromatic heterocycles. The maximum Gasteiger partial charge on any atom is 0.335 e. The first kappa shape index (κ1) is 12.8. The van der Waals surface area contributed by atoms with E-state index in [0.29, 0.717) is 12.0 Å². The van der Waals surface area contributed by atoms with E-state index in [-0.39, 0.29) is 5.97 Å². The van der Waals surface area contributed by atoms with Gasteiger partial charge in [0.15, 0.2) is 0 Å². The van der Waals surface area contributed by atoms with Gasteiger partial charge in [0.05, 0.1) is 17.0 Å². The van der Waals surface area contributed by atoms with E-state index in [0.717, 1.165) is 22.5 Å². The normalized spacial score (nSPS) is 16.6. The van der Waals surface area contributed by atoms with Crippen molar-refractivity contribution in [3.63, 3.8) is 0 Å². The van der Waals surface area contributed by atoms with Gasteiger partial charge in [-0.3, -0.25) is 4.98 Å². The van der Waals surface area contributed by atoms with Gasteiger partial charge >= 0.3 is 5.97 Å². The summed E-state index contributed by atoms with van der Waals surface area (Å²) >= 11 is 0. The van der Waals surface area contributed by atoms with Crippen molar-refractivity contribution in [3.05, 3.63) is 41.7 Å². The third kappa shape index (κ3) is 2.18. The number of fused-ring (bicyclic) bond motifs is 3. The summed E-state index contributed by atoms with van der Waals surface area (Å²) in [6.45, 7) is 5.61. The van der Waals surface area contributed by atoms with Gasteiger partial charge in [0.1, 0.15) is 5.60 Å². The molecule has 4 nitrogen and oxygen atoms in total. The molecule has 2 aliphatic rings. The summed E-state index contributed by atoms with van der Waals surface area (Å²) in [5, 5.41) is 0. The number of carbonyl (C=O) groups excluding carboxylic acids is 1. The molecule has 1 aliphatic carbocycles. The van der Waals surface area contributed by atoms with Crippen molar-refractivity contribution in [1.82, 2.24) is 4.98 Å². The Hall–Kier alpha value is -2.23. The third-order valence-electron chi connectivity index (χ3n) is 3.11. The van der Waals surface area contributed by atoms with Crippen LogP contribution in [0.15, 0.2) is 41.2 Å². The van der Waals surface area contributed by atoms with Crippen LogP contribution in [0, 0.1) is 0 Å². The van der Waals surface area contributed by atoms with E-state index in [1.807, 2.05) is 39.0 Å². The van der Waals surface area contributed by atoms with Gasteiger partial charge in [-0.05, 0) is 39.3 Å². The summed E-state index contributed by atoms with van der Waals surface area (Å²) in [4.78, 5) is 21.0. The first-order valence-corrected chi connectivity index (χ1v) is 6.62. The second-order valence-corrected chi connectivity index (χ2v) is 5.85. The number of nitrogens with zero attached hydrogens (tertiary/aromatic N) is 2. The second-order valence-electron chi connectivity index (χ2n) is 5.85. The molecule has 0 bridgehead atoms. The Bertz CT molecular complexity index is 676. The standard InChI is InChI=1S/C16H16N2O2/c1-16(2,3)20-15(19)10-5-4-6-13-14(10)11-9-17-8-7-12(11)18-13/h4,6-9H,5H2,1-3H3. The zero-order valence-corrected chi connectivity index (χ0v) is 11.8. The second kappa shape index (κ2) is 4.40. The molecule has 0 spiro atoms. The number of aromatic nitrogens is 1. The van der Waals surface area contributed by atoms with Crippen molar-refractivity contribution in [2.24, 2.45) is 4.99 Å². The van der Waals surface area contributed by atoms with Gasteiger partial charge in [0.2, 0.25) is 0 Å². The van der Waals surface area contributed by atoms with Crippen molar-refractivity contribution in [2.75, 3.05) is 0 Å². The molecule has 0 unspecified atom stereocenters. The Morgan fingerprint density at radius 1 is 1.35 bits per heavy atom. The number of rotatable bonds is 1. The number of esters is 1. The topological polar surface area (TPSA) is 51.5 Å². The van der Waals surface area contributed by atoms with Gasteiger partial charge in [0.25, 0.3) is 0 Å². The minimum atomic E-state index is -0.501. The van der Waals surface area contributed by atoms with Crippen LogP contribution in [0.25, 0.3) is 5.57 Å². The Morgan fingerprint density at radius 2 is 2.15 bits per heavy atom. The van der Waals surface area contributed by atoms with Crippen molar-refractivity contribution in [3.8, 4) is 0 Å². The first-order valence-electron chi connectivity index (χ1n) is 6.62. The molecule has 0 aromatic carbocycles. The summed E-state index contributed by atoms with van der Waals surface area (Å²) < 4.78 is 5.49. The van der Waals surface area contributed by atoms with Crippen LogP contribution in [0.4, 0.5) is 5.69 Å².